The van der Waals surface area contributed by atoms with Crippen LogP contribution in [0.4, 0.5) is 0 Å². The van der Waals surface area contributed by atoms with Crippen LogP contribution in [0.3, 0.4) is 0 Å². The van der Waals surface area contributed by atoms with Crippen LogP contribution in [0.15, 0.2) is 4.99 Å². The van der Waals surface area contributed by atoms with Gasteiger partial charge in [-0.15, -0.1) is 24.0 Å². The lowest BCUT2D eigenvalue weighted by Gasteiger charge is -2.25. The smallest absolute Gasteiger partial charge is 0.191 e. The van der Waals surface area contributed by atoms with Crippen LogP contribution in [0, 0.1) is 5.92 Å². The second-order valence-corrected chi connectivity index (χ2v) is 7.49. The van der Waals surface area contributed by atoms with Crippen molar-refractivity contribution in [2.75, 3.05) is 20.2 Å². The molecule has 0 amide bonds. The largest absolute Gasteiger partial charge is 0.377 e. The van der Waals surface area contributed by atoms with Crippen molar-refractivity contribution in [2.24, 2.45) is 10.9 Å². The molecular formula is C19H35IN6O. The summed E-state index contributed by atoms with van der Waals surface area (Å²) in [7, 11) is 1.68. The molecule has 0 saturated heterocycles. The second kappa shape index (κ2) is 11.8. The van der Waals surface area contributed by atoms with Gasteiger partial charge in [0, 0.05) is 32.7 Å². The number of aryl methyl sites for hydroxylation is 1. The summed E-state index contributed by atoms with van der Waals surface area (Å²) in [5, 5.41) is 11.5. The quantitative estimate of drug-likeness (QED) is 0.349. The van der Waals surface area contributed by atoms with Gasteiger partial charge in [-0.1, -0.05) is 32.1 Å². The first-order valence-electron chi connectivity index (χ1n) is 10.2. The van der Waals surface area contributed by atoms with Crippen molar-refractivity contribution in [3.8, 4) is 0 Å². The Balaban J connectivity index is 0.00000261. The normalized spacial score (nSPS) is 20.7. The molecule has 2 aliphatic rings. The molecule has 154 valence electrons. The first kappa shape index (κ1) is 22.4. The van der Waals surface area contributed by atoms with E-state index in [1.165, 1.54) is 38.5 Å². The highest BCUT2D eigenvalue weighted by atomic mass is 127. The number of ether oxygens (including phenoxy) is 1. The summed E-state index contributed by atoms with van der Waals surface area (Å²) < 4.78 is 7.16. The molecule has 1 unspecified atom stereocenters. The molecule has 2 N–H and O–H groups in total. The van der Waals surface area contributed by atoms with Gasteiger partial charge in [0.15, 0.2) is 11.8 Å². The molecule has 1 saturated carbocycles. The fraction of sp³-hybridized carbons (Fsp3) is 0.842. The summed E-state index contributed by atoms with van der Waals surface area (Å²) >= 11 is 0. The van der Waals surface area contributed by atoms with E-state index >= 15 is 0 Å². The maximum atomic E-state index is 5.14. The van der Waals surface area contributed by atoms with Crippen LogP contribution in [-0.2, 0) is 24.3 Å². The number of aliphatic imine (C=N–C) groups is 1. The van der Waals surface area contributed by atoms with E-state index in [-0.39, 0.29) is 24.0 Å². The summed E-state index contributed by atoms with van der Waals surface area (Å²) in [6.45, 7) is 5.22. The van der Waals surface area contributed by atoms with E-state index in [9.17, 15) is 0 Å². The molecule has 1 fully saturated rings. The van der Waals surface area contributed by atoms with Gasteiger partial charge in [-0.05, 0) is 25.7 Å². The number of halogens is 1. The SMILES string of the molecule is CCNC(=NCCC1CCCCC1)NC1CCc2nc(COC)nn2C1.I. The third kappa shape index (κ3) is 6.89. The fourth-order valence-electron chi connectivity index (χ4n) is 4.02. The van der Waals surface area contributed by atoms with Crippen LogP contribution in [0.2, 0.25) is 0 Å². The Kier molecular flexibility index (Phi) is 9.81. The van der Waals surface area contributed by atoms with E-state index in [4.69, 9.17) is 9.73 Å². The molecule has 7 nitrogen and oxygen atoms in total. The number of nitrogens with zero attached hydrogens (tertiary/aromatic N) is 4. The maximum Gasteiger partial charge on any atom is 0.191 e. The molecule has 1 aliphatic carbocycles. The number of hydrogen-bond donors (Lipinski definition) is 2. The minimum Gasteiger partial charge on any atom is -0.377 e. The summed E-state index contributed by atoms with van der Waals surface area (Å²) in [5.41, 5.74) is 0. The minimum absolute atomic E-state index is 0. The monoisotopic (exact) mass is 490 g/mol. The summed E-state index contributed by atoms with van der Waals surface area (Å²) in [5.74, 6) is 3.65. The molecule has 2 heterocycles. The summed E-state index contributed by atoms with van der Waals surface area (Å²) in [4.78, 5) is 9.37. The third-order valence-electron chi connectivity index (χ3n) is 5.39. The standard InChI is InChI=1S/C19H34N6O.HI/c1-3-20-19(21-12-11-15-7-5-4-6-8-15)22-16-9-10-18-23-17(14-26-2)24-25(18)13-16;/h15-16H,3-14H2,1-2H3,(H2,20,21,22);1H. The lowest BCUT2D eigenvalue weighted by molar-refractivity contribution is 0.177. The van der Waals surface area contributed by atoms with Crippen LogP contribution in [0.1, 0.15) is 63.5 Å². The molecular weight excluding hydrogens is 455 g/mol. The minimum atomic E-state index is 0. The lowest BCUT2D eigenvalue weighted by atomic mass is 9.87. The Hall–Kier alpha value is -0.900. The lowest BCUT2D eigenvalue weighted by Crippen LogP contribution is -2.47. The van der Waals surface area contributed by atoms with Crippen molar-refractivity contribution >= 4 is 29.9 Å². The highest BCUT2D eigenvalue weighted by Gasteiger charge is 2.22. The highest BCUT2D eigenvalue weighted by Crippen LogP contribution is 2.26. The Labute approximate surface area is 180 Å². The molecule has 0 aromatic carbocycles. The van der Waals surface area contributed by atoms with Crippen molar-refractivity contribution < 1.29 is 4.74 Å². The number of nitrogens with one attached hydrogen (secondary N) is 2. The van der Waals surface area contributed by atoms with Gasteiger partial charge in [-0.2, -0.15) is 5.10 Å². The Morgan fingerprint density at radius 1 is 1.26 bits per heavy atom. The van der Waals surface area contributed by atoms with E-state index in [0.717, 1.165) is 56.0 Å². The van der Waals surface area contributed by atoms with E-state index in [0.29, 0.717) is 12.6 Å². The van der Waals surface area contributed by atoms with Crippen molar-refractivity contribution in [1.29, 1.82) is 0 Å². The zero-order valence-electron chi connectivity index (χ0n) is 16.7. The number of fused-ring (bicyclic) bond motifs is 1. The molecule has 0 radical (unpaired) electrons. The van der Waals surface area contributed by atoms with Crippen molar-refractivity contribution in [1.82, 2.24) is 25.4 Å². The summed E-state index contributed by atoms with van der Waals surface area (Å²) in [6, 6.07) is 0.340. The van der Waals surface area contributed by atoms with Crippen molar-refractivity contribution in [2.45, 2.75) is 77.5 Å². The first-order chi connectivity index (χ1) is 12.8. The van der Waals surface area contributed by atoms with Crippen molar-refractivity contribution in [3.63, 3.8) is 0 Å². The zero-order valence-corrected chi connectivity index (χ0v) is 19.1. The van der Waals surface area contributed by atoms with E-state index < -0.39 is 0 Å². The molecule has 3 rings (SSSR count). The predicted molar refractivity (Wildman–Crippen MR) is 119 cm³/mol. The van der Waals surface area contributed by atoms with E-state index in [2.05, 4.69) is 27.6 Å². The molecule has 8 heteroatoms. The van der Waals surface area contributed by atoms with Crippen molar-refractivity contribution in [3.05, 3.63) is 11.6 Å². The topological polar surface area (TPSA) is 76.4 Å². The molecule has 0 bridgehead atoms. The number of aromatic nitrogens is 3. The Morgan fingerprint density at radius 3 is 2.81 bits per heavy atom. The molecule has 1 atom stereocenters. The average Bonchev–Trinajstić information content (AvgIpc) is 3.05. The van der Waals surface area contributed by atoms with Gasteiger partial charge in [0.2, 0.25) is 0 Å². The van der Waals surface area contributed by atoms with Crippen LogP contribution < -0.4 is 10.6 Å². The molecule has 1 aromatic heterocycles. The van der Waals surface area contributed by atoms with Gasteiger partial charge in [0.1, 0.15) is 12.4 Å². The van der Waals surface area contributed by atoms with E-state index in [1.54, 1.807) is 7.11 Å². The summed E-state index contributed by atoms with van der Waals surface area (Å²) in [6.07, 6.45) is 10.2. The maximum absolute atomic E-state index is 5.14. The van der Waals surface area contributed by atoms with Crippen LogP contribution in [0.25, 0.3) is 0 Å². The van der Waals surface area contributed by atoms with Crippen LogP contribution in [-0.4, -0.2) is 47.0 Å². The van der Waals surface area contributed by atoms with Gasteiger partial charge in [0.05, 0.1) is 6.54 Å². The van der Waals surface area contributed by atoms with Gasteiger partial charge in [0.25, 0.3) is 0 Å². The highest BCUT2D eigenvalue weighted by molar-refractivity contribution is 14.0. The number of methoxy groups -OCH3 is 1. The number of rotatable bonds is 7. The Bertz CT molecular complexity index is 585. The van der Waals surface area contributed by atoms with Crippen LogP contribution >= 0.6 is 24.0 Å². The van der Waals surface area contributed by atoms with E-state index in [1.807, 2.05) is 4.68 Å². The zero-order chi connectivity index (χ0) is 18.2. The van der Waals surface area contributed by atoms with Gasteiger partial charge >= 0.3 is 0 Å². The third-order valence-corrected chi connectivity index (χ3v) is 5.39. The van der Waals surface area contributed by atoms with Crippen LogP contribution in [0.5, 0.6) is 0 Å². The average molecular weight is 490 g/mol. The number of hydrogen-bond acceptors (Lipinski definition) is 4. The molecule has 1 aliphatic heterocycles. The molecule has 0 spiro atoms. The van der Waals surface area contributed by atoms with Gasteiger partial charge < -0.3 is 15.4 Å². The van der Waals surface area contributed by atoms with Gasteiger partial charge in [-0.25, -0.2) is 9.67 Å². The molecule has 1 aromatic rings. The number of guanidine groups is 1. The Morgan fingerprint density at radius 2 is 2.07 bits per heavy atom. The first-order valence-corrected chi connectivity index (χ1v) is 10.2. The second-order valence-electron chi connectivity index (χ2n) is 7.49. The van der Waals surface area contributed by atoms with Gasteiger partial charge in [-0.3, -0.25) is 4.99 Å². The predicted octanol–water partition coefficient (Wildman–Crippen LogP) is 2.88. The molecule has 27 heavy (non-hydrogen) atoms. The fourth-order valence-corrected chi connectivity index (χ4v) is 4.02.